The molecular weight excluding hydrogens is 248 g/mol. The van der Waals surface area contributed by atoms with E-state index in [1.807, 2.05) is 24.3 Å². The van der Waals surface area contributed by atoms with Crippen molar-refractivity contribution in [1.82, 2.24) is 9.97 Å². The molecule has 1 aromatic carbocycles. The summed E-state index contributed by atoms with van der Waals surface area (Å²) in [6.07, 6.45) is 2.72. The quantitative estimate of drug-likeness (QED) is 0.719. The van der Waals surface area contributed by atoms with Crippen LogP contribution in [0.25, 0.3) is 11.0 Å². The largest absolute Gasteiger partial charge is 0.481 e. The molecule has 0 aliphatic heterocycles. The number of carbonyl (C=O) groups is 2. The number of hydrogen-bond donors (Lipinski definition) is 3. The predicted molar refractivity (Wildman–Crippen MR) is 69.8 cm³/mol. The summed E-state index contributed by atoms with van der Waals surface area (Å²) in [7, 11) is 0. The number of para-hydroxylation sites is 2. The van der Waals surface area contributed by atoms with Gasteiger partial charge in [-0.05, 0) is 25.0 Å². The second-order valence-electron chi connectivity index (χ2n) is 3.91. The number of fused-ring (bicyclic) bond motifs is 1. The molecule has 19 heavy (non-hydrogen) atoms. The smallest absolute Gasteiger partial charge is 0.303 e. The minimum Gasteiger partial charge on any atom is -0.481 e. The van der Waals surface area contributed by atoms with Crippen LogP contribution in [-0.4, -0.2) is 32.1 Å². The van der Waals surface area contributed by atoms with Crippen LogP contribution in [0.4, 0.5) is 0 Å². The Morgan fingerprint density at radius 1 is 1.05 bits per heavy atom. The summed E-state index contributed by atoms with van der Waals surface area (Å²) < 4.78 is 0. The number of hydrogen-bond acceptors (Lipinski definition) is 3. The highest BCUT2D eigenvalue weighted by molar-refractivity contribution is 5.73. The molecule has 0 aliphatic rings. The van der Waals surface area contributed by atoms with Crippen molar-refractivity contribution in [2.45, 2.75) is 25.7 Å². The lowest BCUT2D eigenvalue weighted by Crippen LogP contribution is -1.97. The van der Waals surface area contributed by atoms with E-state index in [0.29, 0.717) is 12.8 Å². The van der Waals surface area contributed by atoms with Crippen molar-refractivity contribution in [3.63, 3.8) is 0 Å². The fourth-order valence-electron chi connectivity index (χ4n) is 1.43. The molecule has 2 aromatic rings. The predicted octanol–water partition coefficient (Wildman–Crippen LogP) is 2.28. The molecule has 102 valence electrons. The minimum absolute atomic E-state index is 0.0628. The zero-order chi connectivity index (χ0) is 14.1. The van der Waals surface area contributed by atoms with E-state index in [9.17, 15) is 9.59 Å². The average molecular weight is 264 g/mol. The van der Waals surface area contributed by atoms with E-state index in [1.54, 1.807) is 6.33 Å². The van der Waals surface area contributed by atoms with Crippen LogP contribution in [0.15, 0.2) is 30.6 Å². The lowest BCUT2D eigenvalue weighted by Gasteiger charge is -1.92. The summed E-state index contributed by atoms with van der Waals surface area (Å²) in [6, 6.07) is 7.94. The number of H-pyrrole nitrogens is 1. The molecule has 0 atom stereocenters. The van der Waals surface area contributed by atoms with Crippen molar-refractivity contribution in [2.24, 2.45) is 0 Å². The number of benzene rings is 1. The molecule has 0 aliphatic carbocycles. The normalized spacial score (nSPS) is 9.68. The van der Waals surface area contributed by atoms with Gasteiger partial charge in [0.25, 0.3) is 0 Å². The van der Waals surface area contributed by atoms with Crippen LogP contribution in [0.1, 0.15) is 25.7 Å². The van der Waals surface area contributed by atoms with Gasteiger partial charge in [0.2, 0.25) is 0 Å². The summed E-state index contributed by atoms with van der Waals surface area (Å²) >= 11 is 0. The zero-order valence-corrected chi connectivity index (χ0v) is 10.4. The van der Waals surface area contributed by atoms with E-state index in [4.69, 9.17) is 10.2 Å². The third-order valence-corrected chi connectivity index (χ3v) is 2.36. The summed E-state index contributed by atoms with van der Waals surface area (Å²) in [5, 5.41) is 16.3. The van der Waals surface area contributed by atoms with Gasteiger partial charge in [0.1, 0.15) is 0 Å². The topological polar surface area (TPSA) is 103 Å². The summed E-state index contributed by atoms with van der Waals surface area (Å²) in [5.41, 5.74) is 2.12. The SMILES string of the molecule is O=C(O)CCCCC(=O)O.c1ccc2[nH]cnc2c1. The van der Waals surface area contributed by atoms with Crippen molar-refractivity contribution < 1.29 is 19.8 Å². The van der Waals surface area contributed by atoms with Crippen LogP contribution >= 0.6 is 0 Å². The molecule has 1 aromatic heterocycles. The molecular formula is C13H16N2O4. The van der Waals surface area contributed by atoms with Crippen molar-refractivity contribution in [3.8, 4) is 0 Å². The van der Waals surface area contributed by atoms with Crippen molar-refractivity contribution >= 4 is 23.0 Å². The van der Waals surface area contributed by atoms with E-state index >= 15 is 0 Å². The first-order valence-electron chi connectivity index (χ1n) is 5.91. The molecule has 0 bridgehead atoms. The maximum Gasteiger partial charge on any atom is 0.303 e. The van der Waals surface area contributed by atoms with Crippen LogP contribution in [0, 0.1) is 0 Å². The van der Waals surface area contributed by atoms with Crippen LogP contribution in [0.2, 0.25) is 0 Å². The summed E-state index contributed by atoms with van der Waals surface area (Å²) in [4.78, 5) is 26.9. The molecule has 0 unspecified atom stereocenters. The maximum atomic E-state index is 9.90. The summed E-state index contributed by atoms with van der Waals surface area (Å²) in [6.45, 7) is 0. The van der Waals surface area contributed by atoms with Gasteiger partial charge in [-0.15, -0.1) is 0 Å². The van der Waals surface area contributed by atoms with Crippen LogP contribution < -0.4 is 0 Å². The number of aliphatic carboxylic acids is 2. The van der Waals surface area contributed by atoms with Gasteiger partial charge in [-0.3, -0.25) is 9.59 Å². The number of unbranched alkanes of at least 4 members (excludes halogenated alkanes) is 1. The molecule has 0 saturated carbocycles. The monoisotopic (exact) mass is 264 g/mol. The van der Waals surface area contributed by atoms with Gasteiger partial charge in [-0.1, -0.05) is 12.1 Å². The van der Waals surface area contributed by atoms with Gasteiger partial charge in [-0.25, -0.2) is 4.98 Å². The van der Waals surface area contributed by atoms with Gasteiger partial charge in [0, 0.05) is 12.8 Å². The Bertz CT molecular complexity index is 490. The number of nitrogens with zero attached hydrogens (tertiary/aromatic N) is 1. The highest BCUT2D eigenvalue weighted by Gasteiger charge is 1.99. The highest BCUT2D eigenvalue weighted by atomic mass is 16.4. The molecule has 3 N–H and O–H groups in total. The number of aromatic amines is 1. The van der Waals surface area contributed by atoms with Crippen molar-refractivity contribution in [1.29, 1.82) is 0 Å². The lowest BCUT2D eigenvalue weighted by molar-refractivity contribution is -0.139. The Morgan fingerprint density at radius 3 is 2.16 bits per heavy atom. The van der Waals surface area contributed by atoms with Crippen molar-refractivity contribution in [3.05, 3.63) is 30.6 Å². The average Bonchev–Trinajstić information content (AvgIpc) is 2.83. The number of rotatable bonds is 5. The first-order chi connectivity index (χ1) is 9.09. The molecule has 1 heterocycles. The Balaban J connectivity index is 0.000000190. The zero-order valence-electron chi connectivity index (χ0n) is 10.4. The Kier molecular flexibility index (Phi) is 6.08. The fourth-order valence-corrected chi connectivity index (χ4v) is 1.43. The third kappa shape index (κ3) is 6.21. The van der Waals surface area contributed by atoms with E-state index in [-0.39, 0.29) is 12.8 Å². The second kappa shape index (κ2) is 7.86. The number of nitrogens with one attached hydrogen (secondary N) is 1. The van der Waals surface area contributed by atoms with Crippen LogP contribution in [0.3, 0.4) is 0 Å². The third-order valence-electron chi connectivity index (χ3n) is 2.36. The van der Waals surface area contributed by atoms with E-state index < -0.39 is 11.9 Å². The van der Waals surface area contributed by atoms with Gasteiger partial charge < -0.3 is 15.2 Å². The van der Waals surface area contributed by atoms with Crippen LogP contribution in [0.5, 0.6) is 0 Å². The Morgan fingerprint density at radius 2 is 1.63 bits per heavy atom. The van der Waals surface area contributed by atoms with Crippen molar-refractivity contribution in [2.75, 3.05) is 0 Å². The number of aromatic nitrogens is 2. The molecule has 0 amide bonds. The number of imidazole rings is 1. The Hall–Kier alpha value is -2.37. The van der Waals surface area contributed by atoms with E-state index in [0.717, 1.165) is 11.0 Å². The first-order valence-corrected chi connectivity index (χ1v) is 5.91. The van der Waals surface area contributed by atoms with Gasteiger partial charge >= 0.3 is 11.9 Å². The molecule has 0 fully saturated rings. The van der Waals surface area contributed by atoms with Gasteiger partial charge in [0.05, 0.1) is 17.4 Å². The van der Waals surface area contributed by atoms with Gasteiger partial charge in [0.15, 0.2) is 0 Å². The second-order valence-corrected chi connectivity index (χ2v) is 3.91. The maximum absolute atomic E-state index is 9.90. The van der Waals surface area contributed by atoms with E-state index in [1.165, 1.54) is 0 Å². The highest BCUT2D eigenvalue weighted by Crippen LogP contribution is 2.05. The molecule has 6 nitrogen and oxygen atoms in total. The summed E-state index contributed by atoms with van der Waals surface area (Å²) in [5.74, 6) is -1.74. The van der Waals surface area contributed by atoms with E-state index in [2.05, 4.69) is 9.97 Å². The fraction of sp³-hybridized carbons (Fsp3) is 0.308. The number of carboxylic acid groups (broad SMARTS) is 2. The first kappa shape index (κ1) is 14.7. The molecule has 0 radical (unpaired) electrons. The molecule has 6 heteroatoms. The van der Waals surface area contributed by atoms with Gasteiger partial charge in [-0.2, -0.15) is 0 Å². The molecule has 0 spiro atoms. The Labute approximate surface area is 110 Å². The number of carboxylic acids is 2. The van der Waals surface area contributed by atoms with Crippen LogP contribution in [-0.2, 0) is 9.59 Å². The standard InChI is InChI=1S/C7H6N2.C6H10O4/c1-2-4-7-6(3-1)8-5-9-7;7-5(8)3-1-2-4-6(9)10/h1-5H,(H,8,9);1-4H2,(H,7,8)(H,9,10). The molecule has 0 saturated heterocycles. The minimum atomic E-state index is -0.870. The lowest BCUT2D eigenvalue weighted by atomic mass is 10.2. The molecule has 2 rings (SSSR count).